The molecule has 0 spiro atoms. The molecule has 1 aromatic rings. The fraction of sp³-hybridized carbons (Fsp3) is 0.600. The molecule has 4 heteroatoms. The molecule has 1 unspecified atom stereocenters. The lowest BCUT2D eigenvalue weighted by molar-refractivity contribution is 0.152. The van der Waals surface area contributed by atoms with Gasteiger partial charge in [-0.3, -0.25) is 4.90 Å². The molecule has 0 radical (unpaired) electrons. The monoisotopic (exact) mass is 265 g/mol. The summed E-state index contributed by atoms with van der Waals surface area (Å²) in [5.41, 5.74) is 6.46. The van der Waals surface area contributed by atoms with Gasteiger partial charge >= 0.3 is 0 Å². The standard InChI is InChI=1S/C15H27N3O/c1-5-18(13(2)12-17(3)4)9-10-19-15-8-6-7-14(16)11-15/h6-8,11,13H,5,9-10,12,16H2,1-4H3. The fourth-order valence-electron chi connectivity index (χ4n) is 2.22. The molecular formula is C15H27N3O. The van der Waals surface area contributed by atoms with E-state index < -0.39 is 0 Å². The number of benzene rings is 1. The zero-order valence-electron chi connectivity index (χ0n) is 12.6. The highest BCUT2D eigenvalue weighted by molar-refractivity contribution is 5.43. The van der Waals surface area contributed by atoms with Crippen molar-refractivity contribution in [2.45, 2.75) is 19.9 Å². The number of rotatable bonds is 8. The Bertz CT molecular complexity index is 368. The van der Waals surface area contributed by atoms with E-state index in [1.54, 1.807) is 0 Å². The van der Waals surface area contributed by atoms with Crippen LogP contribution >= 0.6 is 0 Å². The van der Waals surface area contributed by atoms with Crippen molar-refractivity contribution in [1.82, 2.24) is 9.80 Å². The third kappa shape index (κ3) is 5.94. The highest BCUT2D eigenvalue weighted by Crippen LogP contribution is 2.14. The highest BCUT2D eigenvalue weighted by Gasteiger charge is 2.12. The SMILES string of the molecule is CCN(CCOc1cccc(N)c1)C(C)CN(C)C. The van der Waals surface area contributed by atoms with Crippen molar-refractivity contribution in [3.05, 3.63) is 24.3 Å². The summed E-state index contributed by atoms with van der Waals surface area (Å²) < 4.78 is 5.74. The second-order valence-corrected chi connectivity index (χ2v) is 5.16. The van der Waals surface area contributed by atoms with Gasteiger partial charge in [-0.15, -0.1) is 0 Å². The van der Waals surface area contributed by atoms with Crippen LogP contribution in [0.15, 0.2) is 24.3 Å². The quantitative estimate of drug-likeness (QED) is 0.729. The maximum absolute atomic E-state index is 5.74. The van der Waals surface area contributed by atoms with E-state index in [0.717, 1.165) is 31.1 Å². The topological polar surface area (TPSA) is 41.7 Å². The number of hydrogen-bond acceptors (Lipinski definition) is 4. The summed E-state index contributed by atoms with van der Waals surface area (Å²) in [5, 5.41) is 0. The number of anilines is 1. The summed E-state index contributed by atoms with van der Waals surface area (Å²) >= 11 is 0. The Labute approximate surface area is 117 Å². The first-order valence-corrected chi connectivity index (χ1v) is 6.90. The summed E-state index contributed by atoms with van der Waals surface area (Å²) in [6.45, 7) is 8.16. The number of ether oxygens (including phenoxy) is 1. The van der Waals surface area contributed by atoms with Crippen LogP contribution in [0.2, 0.25) is 0 Å². The molecule has 0 amide bonds. The van der Waals surface area contributed by atoms with Crippen LogP contribution in [-0.2, 0) is 0 Å². The number of nitrogen functional groups attached to an aromatic ring is 1. The first-order chi connectivity index (χ1) is 9.02. The second kappa shape index (κ2) is 8.02. The van der Waals surface area contributed by atoms with E-state index in [4.69, 9.17) is 10.5 Å². The van der Waals surface area contributed by atoms with Gasteiger partial charge in [-0.1, -0.05) is 13.0 Å². The summed E-state index contributed by atoms with van der Waals surface area (Å²) in [7, 11) is 4.21. The van der Waals surface area contributed by atoms with Gasteiger partial charge in [0, 0.05) is 30.9 Å². The van der Waals surface area contributed by atoms with Gasteiger partial charge in [0.2, 0.25) is 0 Å². The van der Waals surface area contributed by atoms with Crippen LogP contribution < -0.4 is 10.5 Å². The second-order valence-electron chi connectivity index (χ2n) is 5.16. The summed E-state index contributed by atoms with van der Waals surface area (Å²) in [6, 6.07) is 8.11. The van der Waals surface area contributed by atoms with Gasteiger partial charge in [-0.2, -0.15) is 0 Å². The summed E-state index contributed by atoms with van der Waals surface area (Å²) in [5.74, 6) is 0.844. The minimum absolute atomic E-state index is 0.532. The van der Waals surface area contributed by atoms with E-state index in [9.17, 15) is 0 Å². The zero-order valence-corrected chi connectivity index (χ0v) is 12.6. The molecule has 0 aliphatic rings. The van der Waals surface area contributed by atoms with Gasteiger partial charge in [0.15, 0.2) is 0 Å². The molecule has 4 nitrogen and oxygen atoms in total. The van der Waals surface area contributed by atoms with Crippen LogP contribution in [0.1, 0.15) is 13.8 Å². The molecule has 1 atom stereocenters. The fourth-order valence-corrected chi connectivity index (χ4v) is 2.22. The van der Waals surface area contributed by atoms with Gasteiger partial charge in [-0.25, -0.2) is 0 Å². The van der Waals surface area contributed by atoms with E-state index in [1.165, 1.54) is 0 Å². The Morgan fingerprint density at radius 1 is 1.32 bits per heavy atom. The van der Waals surface area contributed by atoms with Crippen molar-refractivity contribution in [3.8, 4) is 5.75 Å². The molecule has 0 saturated carbocycles. The zero-order chi connectivity index (χ0) is 14.3. The molecule has 1 aromatic carbocycles. The van der Waals surface area contributed by atoms with Crippen molar-refractivity contribution in [2.75, 3.05) is 46.1 Å². The van der Waals surface area contributed by atoms with Crippen molar-refractivity contribution < 1.29 is 4.74 Å². The van der Waals surface area contributed by atoms with Crippen LogP contribution in [0, 0.1) is 0 Å². The van der Waals surface area contributed by atoms with Gasteiger partial charge in [0.1, 0.15) is 12.4 Å². The molecular weight excluding hydrogens is 238 g/mol. The minimum atomic E-state index is 0.532. The van der Waals surface area contributed by atoms with E-state index in [-0.39, 0.29) is 0 Å². The number of nitrogens with zero attached hydrogens (tertiary/aromatic N) is 2. The van der Waals surface area contributed by atoms with Gasteiger partial charge in [-0.05, 0) is 39.7 Å². The van der Waals surface area contributed by atoms with Crippen LogP contribution in [-0.4, -0.2) is 56.2 Å². The van der Waals surface area contributed by atoms with Crippen LogP contribution in [0.25, 0.3) is 0 Å². The average molecular weight is 265 g/mol. The molecule has 0 saturated heterocycles. The predicted octanol–water partition coefficient (Wildman–Crippen LogP) is 1.92. The first kappa shape index (κ1) is 15.8. The predicted molar refractivity (Wildman–Crippen MR) is 81.6 cm³/mol. The molecule has 0 heterocycles. The normalized spacial score (nSPS) is 12.9. The van der Waals surface area contributed by atoms with Crippen molar-refractivity contribution in [3.63, 3.8) is 0 Å². The third-order valence-corrected chi connectivity index (χ3v) is 3.16. The van der Waals surface area contributed by atoms with Gasteiger partial charge in [0.05, 0.1) is 0 Å². The Balaban J connectivity index is 2.37. The largest absolute Gasteiger partial charge is 0.492 e. The molecule has 0 aliphatic carbocycles. The first-order valence-electron chi connectivity index (χ1n) is 6.90. The molecule has 0 bridgehead atoms. The average Bonchev–Trinajstić information content (AvgIpc) is 2.33. The molecule has 19 heavy (non-hydrogen) atoms. The Morgan fingerprint density at radius 3 is 2.63 bits per heavy atom. The van der Waals surface area contributed by atoms with E-state index in [2.05, 4.69) is 37.7 Å². The Hall–Kier alpha value is -1.26. The Kier molecular flexibility index (Phi) is 6.67. The van der Waals surface area contributed by atoms with Crippen molar-refractivity contribution in [2.24, 2.45) is 0 Å². The van der Waals surface area contributed by atoms with Crippen molar-refractivity contribution >= 4 is 5.69 Å². The van der Waals surface area contributed by atoms with Crippen LogP contribution in [0.5, 0.6) is 5.75 Å². The summed E-state index contributed by atoms with van der Waals surface area (Å²) in [6.07, 6.45) is 0. The molecule has 1 rings (SSSR count). The number of likely N-dealkylation sites (N-methyl/N-ethyl adjacent to an activating group) is 2. The maximum atomic E-state index is 5.74. The minimum Gasteiger partial charge on any atom is -0.492 e. The van der Waals surface area contributed by atoms with E-state index in [1.807, 2.05) is 24.3 Å². The lowest BCUT2D eigenvalue weighted by Crippen LogP contribution is -2.41. The molecule has 108 valence electrons. The lowest BCUT2D eigenvalue weighted by Gasteiger charge is -2.29. The molecule has 2 N–H and O–H groups in total. The lowest BCUT2D eigenvalue weighted by atomic mass is 10.2. The van der Waals surface area contributed by atoms with Crippen LogP contribution in [0.3, 0.4) is 0 Å². The maximum Gasteiger partial charge on any atom is 0.121 e. The summed E-state index contributed by atoms with van der Waals surface area (Å²) in [4.78, 5) is 4.64. The van der Waals surface area contributed by atoms with E-state index in [0.29, 0.717) is 12.6 Å². The van der Waals surface area contributed by atoms with Crippen molar-refractivity contribution in [1.29, 1.82) is 0 Å². The number of hydrogen-bond donors (Lipinski definition) is 1. The number of nitrogens with two attached hydrogens (primary N) is 1. The Morgan fingerprint density at radius 2 is 2.05 bits per heavy atom. The van der Waals surface area contributed by atoms with E-state index >= 15 is 0 Å². The third-order valence-electron chi connectivity index (χ3n) is 3.16. The van der Waals surface area contributed by atoms with Gasteiger partial charge < -0.3 is 15.4 Å². The smallest absolute Gasteiger partial charge is 0.121 e. The highest BCUT2D eigenvalue weighted by atomic mass is 16.5. The molecule has 0 fully saturated rings. The van der Waals surface area contributed by atoms with Crippen LogP contribution in [0.4, 0.5) is 5.69 Å². The van der Waals surface area contributed by atoms with Gasteiger partial charge in [0.25, 0.3) is 0 Å². The molecule has 0 aromatic heterocycles. The molecule has 0 aliphatic heterocycles.